The van der Waals surface area contributed by atoms with Gasteiger partial charge in [-0.3, -0.25) is 4.79 Å². The molecule has 1 saturated heterocycles. The van der Waals surface area contributed by atoms with Crippen LogP contribution in [0.15, 0.2) is 18.2 Å². The molecule has 1 atom stereocenters. The number of rotatable bonds is 2. The Hall–Kier alpha value is -1.55. The molecule has 4 heteroatoms. The van der Waals surface area contributed by atoms with E-state index < -0.39 is 5.97 Å². The number of nitrogens with one attached hydrogen (secondary N) is 1. The predicted molar refractivity (Wildman–Crippen MR) is 72.1 cm³/mol. The molecule has 18 heavy (non-hydrogen) atoms. The van der Waals surface area contributed by atoms with E-state index >= 15 is 0 Å². The highest BCUT2D eigenvalue weighted by atomic mass is 16.4. The lowest BCUT2D eigenvalue weighted by molar-refractivity contribution is -0.141. The van der Waals surface area contributed by atoms with Crippen LogP contribution in [0.1, 0.15) is 11.1 Å². The number of aryl methyl sites for hydroxylation is 2. The highest BCUT2D eigenvalue weighted by Crippen LogP contribution is 2.23. The molecule has 0 amide bonds. The third-order valence-corrected chi connectivity index (χ3v) is 3.44. The van der Waals surface area contributed by atoms with E-state index in [2.05, 4.69) is 42.3 Å². The molecule has 4 nitrogen and oxygen atoms in total. The molecule has 1 unspecified atom stereocenters. The lowest BCUT2D eigenvalue weighted by Crippen LogP contribution is -2.34. The Balaban J connectivity index is 2.25. The summed E-state index contributed by atoms with van der Waals surface area (Å²) in [7, 11) is 0. The summed E-state index contributed by atoms with van der Waals surface area (Å²) in [6.45, 7) is 6.95. The maximum absolute atomic E-state index is 11.2. The average molecular weight is 248 g/mol. The van der Waals surface area contributed by atoms with Crippen molar-refractivity contribution < 1.29 is 9.90 Å². The topological polar surface area (TPSA) is 52.6 Å². The zero-order valence-electron chi connectivity index (χ0n) is 10.9. The molecule has 1 aliphatic rings. The Morgan fingerprint density at radius 3 is 2.94 bits per heavy atom. The number of hydrogen-bond acceptors (Lipinski definition) is 3. The first-order valence-electron chi connectivity index (χ1n) is 6.33. The molecule has 1 fully saturated rings. The van der Waals surface area contributed by atoms with Crippen molar-refractivity contribution >= 4 is 11.7 Å². The van der Waals surface area contributed by atoms with Gasteiger partial charge >= 0.3 is 5.97 Å². The van der Waals surface area contributed by atoms with Crippen molar-refractivity contribution in [3.05, 3.63) is 29.3 Å². The zero-order valence-corrected chi connectivity index (χ0v) is 10.9. The summed E-state index contributed by atoms with van der Waals surface area (Å²) >= 11 is 0. The fraction of sp³-hybridized carbons (Fsp3) is 0.500. The number of carbonyl (C=O) groups is 1. The molecular formula is C14H20N2O2. The summed E-state index contributed by atoms with van der Waals surface area (Å²) < 4.78 is 0. The molecule has 0 aromatic heterocycles. The highest BCUT2D eigenvalue weighted by Gasteiger charge is 2.24. The summed E-state index contributed by atoms with van der Waals surface area (Å²) in [5.74, 6) is -1.06. The second-order valence-electron chi connectivity index (χ2n) is 4.98. The van der Waals surface area contributed by atoms with Gasteiger partial charge in [0.25, 0.3) is 0 Å². The van der Waals surface area contributed by atoms with Gasteiger partial charge in [-0.05, 0) is 31.0 Å². The van der Waals surface area contributed by atoms with Crippen LogP contribution in [0, 0.1) is 19.8 Å². The monoisotopic (exact) mass is 248 g/mol. The van der Waals surface area contributed by atoms with Gasteiger partial charge in [0, 0.05) is 31.9 Å². The van der Waals surface area contributed by atoms with Crippen LogP contribution in [-0.2, 0) is 4.79 Å². The number of hydrogen-bond donors (Lipinski definition) is 2. The lowest BCUT2D eigenvalue weighted by Gasteiger charge is -2.26. The summed E-state index contributed by atoms with van der Waals surface area (Å²) in [5, 5.41) is 12.4. The number of nitrogens with zero attached hydrogens (tertiary/aromatic N) is 1. The van der Waals surface area contributed by atoms with Crippen LogP contribution in [0.2, 0.25) is 0 Å². The Labute approximate surface area is 108 Å². The summed E-state index contributed by atoms with van der Waals surface area (Å²) in [6, 6.07) is 6.32. The Bertz CT molecular complexity index is 445. The van der Waals surface area contributed by atoms with Crippen molar-refractivity contribution in [3.63, 3.8) is 0 Å². The minimum absolute atomic E-state index is 0.340. The maximum atomic E-state index is 11.2. The van der Waals surface area contributed by atoms with Gasteiger partial charge in [0.05, 0.1) is 5.92 Å². The molecular weight excluding hydrogens is 228 g/mol. The molecule has 2 N–H and O–H groups in total. The van der Waals surface area contributed by atoms with Gasteiger partial charge in [-0.2, -0.15) is 0 Å². The number of carboxylic acids is 1. The van der Waals surface area contributed by atoms with Crippen LogP contribution in [0.25, 0.3) is 0 Å². The van der Waals surface area contributed by atoms with Crippen molar-refractivity contribution in [2.75, 3.05) is 31.1 Å². The van der Waals surface area contributed by atoms with Crippen LogP contribution >= 0.6 is 0 Å². The molecule has 0 bridgehead atoms. The molecule has 98 valence electrons. The van der Waals surface area contributed by atoms with Crippen LogP contribution in [0.3, 0.4) is 0 Å². The Morgan fingerprint density at radius 2 is 2.22 bits per heavy atom. The molecule has 1 aromatic rings. The van der Waals surface area contributed by atoms with E-state index in [-0.39, 0.29) is 5.92 Å². The standard InChI is InChI=1S/C14H20N2O2/c1-10-3-4-11(2)13(7-10)16-6-5-15-8-12(9-16)14(17)18/h3-4,7,12,15H,5-6,8-9H2,1-2H3,(H,17,18). The smallest absolute Gasteiger partial charge is 0.309 e. The van der Waals surface area contributed by atoms with E-state index in [1.165, 1.54) is 11.1 Å². The molecule has 0 aliphatic carbocycles. The number of aliphatic carboxylic acids is 1. The summed E-state index contributed by atoms with van der Waals surface area (Å²) in [5.41, 5.74) is 3.57. The van der Waals surface area contributed by atoms with Crippen molar-refractivity contribution in [2.45, 2.75) is 13.8 Å². The second kappa shape index (κ2) is 5.40. The maximum Gasteiger partial charge on any atom is 0.309 e. The first-order valence-corrected chi connectivity index (χ1v) is 6.33. The van der Waals surface area contributed by atoms with Gasteiger partial charge in [0.15, 0.2) is 0 Å². The summed E-state index contributed by atoms with van der Waals surface area (Å²) in [6.07, 6.45) is 0. The minimum atomic E-state index is -0.722. The predicted octanol–water partition coefficient (Wildman–Crippen LogP) is 1.41. The molecule has 1 heterocycles. The van der Waals surface area contributed by atoms with Gasteiger partial charge in [-0.15, -0.1) is 0 Å². The molecule has 0 radical (unpaired) electrons. The molecule has 0 spiro atoms. The third-order valence-electron chi connectivity index (χ3n) is 3.44. The zero-order chi connectivity index (χ0) is 13.1. The number of carboxylic acid groups (broad SMARTS) is 1. The molecule has 1 aliphatic heterocycles. The van der Waals surface area contributed by atoms with Crippen molar-refractivity contribution in [1.82, 2.24) is 5.32 Å². The van der Waals surface area contributed by atoms with Gasteiger partial charge < -0.3 is 15.3 Å². The van der Waals surface area contributed by atoms with Gasteiger partial charge in [-0.1, -0.05) is 12.1 Å². The Morgan fingerprint density at radius 1 is 1.44 bits per heavy atom. The van der Waals surface area contributed by atoms with Crippen LogP contribution in [-0.4, -0.2) is 37.3 Å². The lowest BCUT2D eigenvalue weighted by atomic mass is 10.1. The van der Waals surface area contributed by atoms with Crippen molar-refractivity contribution in [3.8, 4) is 0 Å². The quantitative estimate of drug-likeness (QED) is 0.831. The normalized spacial score (nSPS) is 20.6. The fourth-order valence-electron chi connectivity index (χ4n) is 2.36. The molecule has 0 saturated carbocycles. The van der Waals surface area contributed by atoms with E-state index in [9.17, 15) is 9.90 Å². The number of anilines is 1. The molecule has 1 aromatic carbocycles. The van der Waals surface area contributed by atoms with E-state index in [1.807, 2.05) is 0 Å². The SMILES string of the molecule is Cc1ccc(C)c(N2CCNCC(C(=O)O)C2)c1. The average Bonchev–Trinajstić information content (AvgIpc) is 2.58. The fourth-order valence-corrected chi connectivity index (χ4v) is 2.36. The third kappa shape index (κ3) is 2.82. The van der Waals surface area contributed by atoms with Crippen LogP contribution in [0.5, 0.6) is 0 Å². The van der Waals surface area contributed by atoms with E-state index in [1.54, 1.807) is 0 Å². The van der Waals surface area contributed by atoms with Crippen molar-refractivity contribution in [1.29, 1.82) is 0 Å². The van der Waals surface area contributed by atoms with Crippen molar-refractivity contribution in [2.24, 2.45) is 5.92 Å². The van der Waals surface area contributed by atoms with Crippen LogP contribution < -0.4 is 10.2 Å². The van der Waals surface area contributed by atoms with Gasteiger partial charge in [-0.25, -0.2) is 0 Å². The van der Waals surface area contributed by atoms with E-state index in [0.717, 1.165) is 18.8 Å². The van der Waals surface area contributed by atoms with Gasteiger partial charge in [0.2, 0.25) is 0 Å². The Kier molecular flexibility index (Phi) is 3.87. The first kappa shape index (κ1) is 12.9. The number of benzene rings is 1. The van der Waals surface area contributed by atoms with E-state index in [4.69, 9.17) is 0 Å². The molecule has 2 rings (SSSR count). The van der Waals surface area contributed by atoms with Crippen LogP contribution in [0.4, 0.5) is 5.69 Å². The van der Waals surface area contributed by atoms with E-state index in [0.29, 0.717) is 13.1 Å². The highest BCUT2D eigenvalue weighted by molar-refractivity contribution is 5.71. The summed E-state index contributed by atoms with van der Waals surface area (Å²) in [4.78, 5) is 13.4. The minimum Gasteiger partial charge on any atom is -0.481 e. The van der Waals surface area contributed by atoms with Gasteiger partial charge in [0.1, 0.15) is 0 Å². The largest absolute Gasteiger partial charge is 0.481 e. The second-order valence-corrected chi connectivity index (χ2v) is 4.98. The first-order chi connectivity index (χ1) is 8.58.